The summed E-state index contributed by atoms with van der Waals surface area (Å²) in [5, 5.41) is 1.22. The number of rotatable bonds is 13. The molecular weight excluding hydrogens is 811 g/mol. The smallest absolute Gasteiger partial charge is 0.333 e. The predicted molar refractivity (Wildman–Crippen MR) is 220 cm³/mol. The number of amides is 2. The molecule has 2 amide bonds. The zero-order valence-electron chi connectivity index (χ0n) is 35.5. The number of unbranched alkanes of at least 4 members (excludes halogenated alkanes) is 3. The number of aromatic nitrogens is 2. The Balaban J connectivity index is 1.45. The Kier molecular flexibility index (Phi) is 11.5. The maximum absolute atomic E-state index is 13.7. The van der Waals surface area contributed by atoms with Crippen LogP contribution in [-0.2, 0) is 59.0 Å². The molecule has 0 spiro atoms. The van der Waals surface area contributed by atoms with Gasteiger partial charge >= 0.3 is 5.97 Å². The van der Waals surface area contributed by atoms with Gasteiger partial charge in [0.15, 0.2) is 11.5 Å². The number of hydrogen-bond acceptors (Lipinski definition) is 9. The standard InChI is InChI=1S/C44H55N3O11S2/c1-8-9-16-45-18-19-46(17-12-10-11-13-36(50)58-47-34(48)14-15-35(47)49)42(45)37-30-20-28-26(2)22-43(4,5)24-32(28)40(59(51,52)53)38(30)57-39-31(37)21-29-27(3)23-44(6,7)25-33(29)41(39)60(54,55)56/h18-21,24,26-27H,8-17,22-23,25H2,1-7H3,(H-,51,52,53,54,55,56)/p+1. The lowest BCUT2D eigenvalue weighted by Crippen LogP contribution is -2.41. The Hall–Kier alpha value is -4.38. The van der Waals surface area contributed by atoms with Crippen LogP contribution in [0.3, 0.4) is 0 Å². The average Bonchev–Trinajstić information content (AvgIpc) is 3.66. The zero-order valence-corrected chi connectivity index (χ0v) is 37.1. The monoisotopic (exact) mass is 866 g/mol. The van der Waals surface area contributed by atoms with Crippen LogP contribution in [0.4, 0.5) is 0 Å². The molecule has 60 heavy (non-hydrogen) atoms. The Morgan fingerprint density at radius 3 is 2.22 bits per heavy atom. The SMILES string of the molecule is CCCCn1cc[n+](CCCCCC(=O)ON2C(=O)CCC2=O)c1C1=c2cc3c(c(S(=O)(=O)O)c2Oc2c1cc1c(c2S(=O)(=O)O)CC(C)(C)CC1C)=CC(C)(C)CC3C. The highest BCUT2D eigenvalue weighted by atomic mass is 32.2. The molecule has 1 aromatic heterocycles. The maximum atomic E-state index is 13.7. The van der Waals surface area contributed by atoms with Crippen LogP contribution >= 0.6 is 0 Å². The summed E-state index contributed by atoms with van der Waals surface area (Å²) < 4.78 is 87.7. The molecule has 0 radical (unpaired) electrons. The number of benzene rings is 2. The normalized spacial score (nSPS) is 20.5. The molecule has 0 saturated carbocycles. The summed E-state index contributed by atoms with van der Waals surface area (Å²) in [6, 6.07) is 3.85. The van der Waals surface area contributed by atoms with Gasteiger partial charge in [-0.1, -0.05) is 61.0 Å². The maximum Gasteiger partial charge on any atom is 0.333 e. The number of hydroxylamine groups is 2. The first kappa shape index (κ1) is 43.7. The Labute approximate surface area is 351 Å². The second-order valence-corrected chi connectivity index (χ2v) is 21.3. The van der Waals surface area contributed by atoms with Crippen LogP contribution in [0.15, 0.2) is 34.3 Å². The first-order valence-electron chi connectivity index (χ1n) is 20.9. The van der Waals surface area contributed by atoms with Crippen molar-refractivity contribution in [1.29, 1.82) is 0 Å². The molecular formula is C44H56N3O11S2+. The second-order valence-electron chi connectivity index (χ2n) is 18.6. The third-order valence-electron chi connectivity index (χ3n) is 12.3. The molecule has 14 nitrogen and oxygen atoms in total. The van der Waals surface area contributed by atoms with Gasteiger partial charge in [0.05, 0.1) is 18.7 Å². The number of aryl methyl sites for hydroxylation is 2. The van der Waals surface area contributed by atoms with Gasteiger partial charge in [-0.05, 0) is 102 Å². The number of carbonyl (C=O) groups excluding carboxylic acids is 3. The van der Waals surface area contributed by atoms with Gasteiger partial charge in [-0.3, -0.25) is 18.7 Å². The van der Waals surface area contributed by atoms with E-state index >= 15 is 0 Å². The van der Waals surface area contributed by atoms with E-state index in [1.807, 2.05) is 76.7 Å². The number of ether oxygens (including phenoxy) is 1. The third-order valence-corrected chi connectivity index (χ3v) is 14.2. The lowest BCUT2D eigenvalue weighted by atomic mass is 9.69. The number of fused-ring (bicyclic) bond motifs is 4. The number of imide groups is 1. The van der Waals surface area contributed by atoms with E-state index in [0.29, 0.717) is 88.8 Å². The molecule has 7 rings (SSSR count). The van der Waals surface area contributed by atoms with Crippen LogP contribution in [0.5, 0.6) is 11.5 Å². The van der Waals surface area contributed by atoms with E-state index in [2.05, 4.69) is 11.5 Å². The largest absolute Gasteiger partial charge is 0.453 e. The van der Waals surface area contributed by atoms with Crippen LogP contribution < -0.4 is 19.7 Å². The molecule has 0 bridgehead atoms. The molecule has 1 fully saturated rings. The summed E-state index contributed by atoms with van der Waals surface area (Å²) >= 11 is 0. The second kappa shape index (κ2) is 15.8. The van der Waals surface area contributed by atoms with Gasteiger partial charge in [-0.15, -0.1) is 5.06 Å². The van der Waals surface area contributed by atoms with Crippen molar-refractivity contribution in [3.05, 3.63) is 63.0 Å². The van der Waals surface area contributed by atoms with Crippen molar-refractivity contribution in [2.24, 2.45) is 10.8 Å². The molecule has 2 atom stereocenters. The fourth-order valence-corrected chi connectivity index (χ4v) is 11.7. The number of nitrogens with zero attached hydrogens (tertiary/aromatic N) is 3. The Morgan fingerprint density at radius 1 is 0.900 bits per heavy atom. The molecule has 2 aromatic carbocycles. The van der Waals surface area contributed by atoms with Crippen molar-refractivity contribution < 1.29 is 54.5 Å². The molecule has 2 aliphatic heterocycles. The van der Waals surface area contributed by atoms with Gasteiger partial charge in [0, 0.05) is 30.0 Å². The van der Waals surface area contributed by atoms with E-state index in [1.54, 1.807) is 0 Å². The van der Waals surface area contributed by atoms with Gasteiger partial charge in [0.25, 0.3) is 37.9 Å². The van der Waals surface area contributed by atoms with Gasteiger partial charge < -0.3 is 9.57 Å². The minimum absolute atomic E-state index is 0.00437. The Morgan fingerprint density at radius 2 is 1.57 bits per heavy atom. The number of hydrogen-bond donors (Lipinski definition) is 2. The molecule has 2 aliphatic carbocycles. The molecule has 16 heteroatoms. The number of carbonyl (C=O) groups is 3. The van der Waals surface area contributed by atoms with E-state index in [-0.39, 0.29) is 48.0 Å². The molecule has 2 unspecified atom stereocenters. The highest BCUT2D eigenvalue weighted by Gasteiger charge is 2.43. The molecule has 3 heterocycles. The van der Waals surface area contributed by atoms with Crippen molar-refractivity contribution in [1.82, 2.24) is 9.63 Å². The fraction of sp³-hybridized carbons (Fsp3) is 0.545. The summed E-state index contributed by atoms with van der Waals surface area (Å²) in [6.07, 6.45) is 10.7. The third kappa shape index (κ3) is 8.32. The topological polar surface area (TPSA) is 190 Å². The lowest BCUT2D eigenvalue weighted by molar-refractivity contribution is -0.699. The van der Waals surface area contributed by atoms with Crippen molar-refractivity contribution in [2.75, 3.05) is 0 Å². The van der Waals surface area contributed by atoms with Gasteiger partial charge in [-0.2, -0.15) is 16.8 Å². The first-order chi connectivity index (χ1) is 28.0. The van der Waals surface area contributed by atoms with Gasteiger partial charge in [0.1, 0.15) is 22.2 Å². The minimum Gasteiger partial charge on any atom is -0.453 e. The van der Waals surface area contributed by atoms with Crippen molar-refractivity contribution in [2.45, 2.75) is 154 Å². The summed E-state index contributed by atoms with van der Waals surface area (Å²) in [4.78, 5) is 40.6. The fourth-order valence-electron chi connectivity index (χ4n) is 9.96. The average molecular weight is 867 g/mol. The molecule has 324 valence electrons. The lowest BCUT2D eigenvalue weighted by Gasteiger charge is -2.38. The van der Waals surface area contributed by atoms with Crippen molar-refractivity contribution in [3.8, 4) is 11.5 Å². The first-order valence-corrected chi connectivity index (χ1v) is 23.8. The van der Waals surface area contributed by atoms with Crippen LogP contribution in [0.25, 0.3) is 11.6 Å². The summed E-state index contributed by atoms with van der Waals surface area (Å²) in [7, 11) is -9.97. The van der Waals surface area contributed by atoms with Crippen molar-refractivity contribution in [3.63, 3.8) is 0 Å². The van der Waals surface area contributed by atoms with Crippen LogP contribution in [0, 0.1) is 10.8 Å². The summed E-state index contributed by atoms with van der Waals surface area (Å²) in [6.45, 7) is 15.2. The highest BCUT2D eigenvalue weighted by Crippen LogP contribution is 2.51. The summed E-state index contributed by atoms with van der Waals surface area (Å²) in [5.41, 5.74) is 1.99. The van der Waals surface area contributed by atoms with E-state index in [1.165, 1.54) is 0 Å². The van der Waals surface area contributed by atoms with Gasteiger partial charge in [-0.25, -0.2) is 13.9 Å². The van der Waals surface area contributed by atoms with E-state index in [0.717, 1.165) is 24.8 Å². The van der Waals surface area contributed by atoms with E-state index in [4.69, 9.17) is 9.57 Å². The van der Waals surface area contributed by atoms with Crippen LogP contribution in [0.1, 0.15) is 153 Å². The van der Waals surface area contributed by atoms with Gasteiger partial charge in [0.2, 0.25) is 0 Å². The molecule has 3 aromatic rings. The minimum atomic E-state index is -5.00. The van der Waals surface area contributed by atoms with Crippen LogP contribution in [0.2, 0.25) is 0 Å². The number of imidazole rings is 1. The molecule has 4 aliphatic rings. The summed E-state index contributed by atoms with van der Waals surface area (Å²) in [5.74, 6) is -1.73. The van der Waals surface area contributed by atoms with E-state index in [9.17, 15) is 40.3 Å². The molecule has 2 N–H and O–H groups in total. The zero-order chi connectivity index (χ0) is 43.7. The van der Waals surface area contributed by atoms with E-state index < -0.39 is 53.2 Å². The molecule has 1 saturated heterocycles. The van der Waals surface area contributed by atoms with Crippen molar-refractivity contribution >= 4 is 49.7 Å². The van der Waals surface area contributed by atoms with Crippen LogP contribution in [-0.4, -0.2) is 53.4 Å². The predicted octanol–water partition coefficient (Wildman–Crippen LogP) is 5.98. The highest BCUT2D eigenvalue weighted by molar-refractivity contribution is 7.86. The Bertz CT molecular complexity index is 2650. The quantitative estimate of drug-likeness (QED) is 0.0696.